The largest absolute Gasteiger partial charge is 0.395 e. The molecular formula is C13H28N2O. The fourth-order valence-electron chi connectivity index (χ4n) is 2.73. The van der Waals surface area contributed by atoms with E-state index in [0.29, 0.717) is 0 Å². The van der Waals surface area contributed by atoms with Crippen LogP contribution < -0.4 is 5.32 Å². The SMILES string of the molecule is CCC1CCC(N(C)CC(CO)NC)CC1. The summed E-state index contributed by atoms with van der Waals surface area (Å²) in [6, 6.07) is 0.944. The van der Waals surface area contributed by atoms with Gasteiger partial charge in [0.05, 0.1) is 6.61 Å². The molecular weight excluding hydrogens is 200 g/mol. The lowest BCUT2D eigenvalue weighted by molar-refractivity contribution is 0.133. The molecule has 96 valence electrons. The Balaban J connectivity index is 2.29. The Morgan fingerprint density at radius 2 is 1.94 bits per heavy atom. The number of nitrogens with zero attached hydrogens (tertiary/aromatic N) is 1. The highest BCUT2D eigenvalue weighted by atomic mass is 16.3. The van der Waals surface area contributed by atoms with Gasteiger partial charge in [-0.2, -0.15) is 0 Å². The number of likely N-dealkylation sites (N-methyl/N-ethyl adjacent to an activating group) is 2. The molecule has 3 heteroatoms. The molecule has 1 atom stereocenters. The van der Waals surface area contributed by atoms with Gasteiger partial charge in [-0.1, -0.05) is 13.3 Å². The number of aliphatic hydroxyl groups excluding tert-OH is 1. The average Bonchev–Trinajstić information content (AvgIpc) is 2.35. The monoisotopic (exact) mass is 228 g/mol. The van der Waals surface area contributed by atoms with Gasteiger partial charge in [0.1, 0.15) is 0 Å². The third-order valence-corrected chi connectivity index (χ3v) is 4.15. The highest BCUT2D eigenvalue weighted by molar-refractivity contribution is 4.80. The molecule has 0 aliphatic heterocycles. The standard InChI is InChI=1S/C13H28N2O/c1-4-11-5-7-13(8-6-11)15(3)9-12(10-16)14-2/h11-14,16H,4-10H2,1-3H3. The van der Waals surface area contributed by atoms with Crippen LogP contribution in [0.1, 0.15) is 39.0 Å². The van der Waals surface area contributed by atoms with Crippen molar-refractivity contribution >= 4 is 0 Å². The predicted octanol–water partition coefficient (Wildman–Crippen LogP) is 1.47. The number of hydrogen-bond acceptors (Lipinski definition) is 3. The van der Waals surface area contributed by atoms with Crippen LogP contribution in [0.15, 0.2) is 0 Å². The molecule has 2 N–H and O–H groups in total. The molecule has 3 nitrogen and oxygen atoms in total. The zero-order valence-corrected chi connectivity index (χ0v) is 11.1. The minimum absolute atomic E-state index is 0.217. The Kier molecular flexibility index (Phi) is 6.32. The summed E-state index contributed by atoms with van der Waals surface area (Å²) in [5.41, 5.74) is 0. The molecule has 0 radical (unpaired) electrons. The van der Waals surface area contributed by atoms with Crippen LogP contribution in [0.25, 0.3) is 0 Å². The second-order valence-corrected chi connectivity index (χ2v) is 5.19. The Hall–Kier alpha value is -0.120. The zero-order chi connectivity index (χ0) is 12.0. The summed E-state index contributed by atoms with van der Waals surface area (Å²) in [7, 11) is 4.11. The molecule has 1 unspecified atom stereocenters. The van der Waals surface area contributed by atoms with Crippen LogP contribution >= 0.6 is 0 Å². The molecule has 0 aromatic rings. The first-order valence-electron chi connectivity index (χ1n) is 6.69. The van der Waals surface area contributed by atoms with Crippen molar-refractivity contribution in [2.24, 2.45) is 5.92 Å². The molecule has 1 fully saturated rings. The molecule has 0 saturated heterocycles. The van der Waals surface area contributed by atoms with Crippen molar-refractivity contribution in [1.82, 2.24) is 10.2 Å². The van der Waals surface area contributed by atoms with E-state index in [9.17, 15) is 0 Å². The molecule has 1 aliphatic carbocycles. The van der Waals surface area contributed by atoms with E-state index < -0.39 is 0 Å². The first kappa shape index (κ1) is 13.9. The van der Waals surface area contributed by atoms with Crippen LogP contribution in [0.5, 0.6) is 0 Å². The number of nitrogens with one attached hydrogen (secondary N) is 1. The lowest BCUT2D eigenvalue weighted by atomic mass is 9.84. The second-order valence-electron chi connectivity index (χ2n) is 5.19. The Labute approximate surface area is 100 Å². The predicted molar refractivity (Wildman–Crippen MR) is 68.6 cm³/mol. The lowest BCUT2D eigenvalue weighted by Crippen LogP contribution is -2.45. The maximum absolute atomic E-state index is 9.16. The quantitative estimate of drug-likeness (QED) is 0.722. The third-order valence-electron chi connectivity index (χ3n) is 4.15. The lowest BCUT2D eigenvalue weighted by Gasteiger charge is -2.35. The molecule has 16 heavy (non-hydrogen) atoms. The van der Waals surface area contributed by atoms with E-state index in [2.05, 4.69) is 24.2 Å². The van der Waals surface area contributed by atoms with Crippen molar-refractivity contribution in [3.8, 4) is 0 Å². The van der Waals surface area contributed by atoms with Crippen LogP contribution in [0.3, 0.4) is 0 Å². The van der Waals surface area contributed by atoms with Gasteiger partial charge in [0.25, 0.3) is 0 Å². The van der Waals surface area contributed by atoms with Gasteiger partial charge in [0.2, 0.25) is 0 Å². The molecule has 1 saturated carbocycles. The van der Waals surface area contributed by atoms with Crippen molar-refractivity contribution in [3.63, 3.8) is 0 Å². The van der Waals surface area contributed by atoms with Crippen LogP contribution in [0, 0.1) is 5.92 Å². The van der Waals surface area contributed by atoms with Crippen molar-refractivity contribution in [3.05, 3.63) is 0 Å². The van der Waals surface area contributed by atoms with Gasteiger partial charge in [0.15, 0.2) is 0 Å². The van der Waals surface area contributed by atoms with Crippen LogP contribution in [-0.4, -0.2) is 49.3 Å². The normalized spacial score (nSPS) is 28.3. The third kappa shape index (κ3) is 4.04. The molecule has 0 bridgehead atoms. The highest BCUT2D eigenvalue weighted by Crippen LogP contribution is 2.28. The van der Waals surface area contributed by atoms with Gasteiger partial charge >= 0.3 is 0 Å². The van der Waals surface area contributed by atoms with Crippen molar-refractivity contribution in [1.29, 1.82) is 0 Å². The zero-order valence-electron chi connectivity index (χ0n) is 11.1. The van der Waals surface area contributed by atoms with E-state index >= 15 is 0 Å². The van der Waals surface area contributed by atoms with E-state index in [1.807, 2.05) is 7.05 Å². The van der Waals surface area contributed by atoms with Crippen LogP contribution in [0.2, 0.25) is 0 Å². The fraction of sp³-hybridized carbons (Fsp3) is 1.00. The first-order chi connectivity index (χ1) is 7.71. The first-order valence-corrected chi connectivity index (χ1v) is 6.69. The summed E-state index contributed by atoms with van der Waals surface area (Å²) in [5.74, 6) is 0.961. The smallest absolute Gasteiger partial charge is 0.0597 e. The fourth-order valence-corrected chi connectivity index (χ4v) is 2.73. The number of hydrogen-bond donors (Lipinski definition) is 2. The van der Waals surface area contributed by atoms with E-state index in [0.717, 1.165) is 18.5 Å². The van der Waals surface area contributed by atoms with Gasteiger partial charge < -0.3 is 15.3 Å². The van der Waals surface area contributed by atoms with Crippen LogP contribution in [-0.2, 0) is 0 Å². The summed E-state index contributed by atoms with van der Waals surface area (Å²) in [5, 5.41) is 12.3. The second kappa shape index (κ2) is 7.25. The van der Waals surface area contributed by atoms with Crippen molar-refractivity contribution in [2.75, 3.05) is 27.2 Å². The van der Waals surface area contributed by atoms with Gasteiger partial charge in [-0.15, -0.1) is 0 Å². The Bertz CT molecular complexity index is 175. The average molecular weight is 228 g/mol. The Morgan fingerprint density at radius 3 is 2.38 bits per heavy atom. The summed E-state index contributed by atoms with van der Waals surface area (Å²) in [6.07, 6.45) is 6.77. The minimum Gasteiger partial charge on any atom is -0.395 e. The molecule has 0 spiro atoms. The summed E-state index contributed by atoms with van der Waals surface area (Å²) in [4.78, 5) is 2.42. The number of rotatable bonds is 6. The van der Waals surface area contributed by atoms with Gasteiger partial charge in [-0.05, 0) is 45.7 Å². The van der Waals surface area contributed by atoms with Gasteiger partial charge in [0, 0.05) is 18.6 Å². The number of aliphatic hydroxyl groups is 1. The van der Waals surface area contributed by atoms with Crippen LogP contribution in [0.4, 0.5) is 0 Å². The summed E-state index contributed by atoms with van der Waals surface area (Å²) >= 11 is 0. The highest BCUT2D eigenvalue weighted by Gasteiger charge is 2.23. The Morgan fingerprint density at radius 1 is 1.31 bits per heavy atom. The van der Waals surface area contributed by atoms with E-state index in [-0.39, 0.29) is 12.6 Å². The van der Waals surface area contributed by atoms with Crippen molar-refractivity contribution < 1.29 is 5.11 Å². The van der Waals surface area contributed by atoms with E-state index in [1.54, 1.807) is 0 Å². The molecule has 0 aromatic heterocycles. The van der Waals surface area contributed by atoms with E-state index in [4.69, 9.17) is 5.11 Å². The maximum Gasteiger partial charge on any atom is 0.0597 e. The minimum atomic E-state index is 0.217. The van der Waals surface area contributed by atoms with Crippen molar-refractivity contribution in [2.45, 2.75) is 51.1 Å². The topological polar surface area (TPSA) is 35.5 Å². The molecule has 1 rings (SSSR count). The summed E-state index contributed by atoms with van der Waals surface area (Å²) < 4.78 is 0. The molecule has 1 aliphatic rings. The maximum atomic E-state index is 9.16. The van der Waals surface area contributed by atoms with Gasteiger partial charge in [-0.25, -0.2) is 0 Å². The molecule has 0 amide bonds. The van der Waals surface area contributed by atoms with Gasteiger partial charge in [-0.3, -0.25) is 0 Å². The molecule has 0 heterocycles. The molecule has 0 aromatic carbocycles. The van der Waals surface area contributed by atoms with E-state index in [1.165, 1.54) is 32.1 Å². The summed E-state index contributed by atoms with van der Waals surface area (Å²) in [6.45, 7) is 3.48.